The van der Waals surface area contributed by atoms with Gasteiger partial charge in [-0.2, -0.15) is 0 Å². The van der Waals surface area contributed by atoms with Crippen LogP contribution in [0.5, 0.6) is 11.5 Å². The molecule has 0 aliphatic carbocycles. The number of rotatable bonds is 7. The number of carbonyl (C=O) groups is 1. The van der Waals surface area contributed by atoms with Gasteiger partial charge < -0.3 is 10.1 Å². The van der Waals surface area contributed by atoms with Crippen molar-refractivity contribution < 1.29 is 9.53 Å². The number of carbonyl (C=O) groups excluding carboxylic acids is 1. The van der Waals surface area contributed by atoms with Crippen LogP contribution in [0.2, 0.25) is 0 Å². The van der Waals surface area contributed by atoms with Crippen molar-refractivity contribution in [3.8, 4) is 11.5 Å². The average Bonchev–Trinajstić information content (AvgIpc) is 2.69. The molecule has 1 aliphatic rings. The maximum Gasteiger partial charge on any atom is 0.241 e. The van der Waals surface area contributed by atoms with Gasteiger partial charge in [-0.25, -0.2) is 0 Å². The molecule has 2 heterocycles. The molecular formula is C22H29N3O2. The van der Waals surface area contributed by atoms with Gasteiger partial charge >= 0.3 is 0 Å². The van der Waals surface area contributed by atoms with Crippen molar-refractivity contribution >= 4 is 11.6 Å². The van der Waals surface area contributed by atoms with Crippen molar-refractivity contribution in [1.82, 2.24) is 9.88 Å². The Morgan fingerprint density at radius 3 is 2.74 bits per heavy atom. The van der Waals surface area contributed by atoms with Gasteiger partial charge in [0.15, 0.2) is 0 Å². The van der Waals surface area contributed by atoms with Crippen molar-refractivity contribution in [3.05, 3.63) is 48.8 Å². The molecule has 5 heteroatoms. The Labute approximate surface area is 161 Å². The number of pyridine rings is 1. The van der Waals surface area contributed by atoms with E-state index in [1.54, 1.807) is 12.4 Å². The number of piperidine rings is 1. The first-order valence-electron chi connectivity index (χ1n) is 9.84. The molecule has 1 aliphatic heterocycles. The molecule has 3 rings (SSSR count). The highest BCUT2D eigenvalue weighted by molar-refractivity contribution is 5.94. The Kier molecular flexibility index (Phi) is 6.82. The highest BCUT2D eigenvalue weighted by atomic mass is 16.5. The number of benzene rings is 1. The summed E-state index contributed by atoms with van der Waals surface area (Å²) in [6.07, 6.45) is 7.75. The molecule has 0 radical (unpaired) electrons. The summed E-state index contributed by atoms with van der Waals surface area (Å²) < 4.78 is 5.74. The number of nitrogens with zero attached hydrogens (tertiary/aromatic N) is 2. The van der Waals surface area contributed by atoms with Gasteiger partial charge in [0, 0.05) is 11.9 Å². The monoisotopic (exact) mass is 367 g/mol. The molecule has 1 fully saturated rings. The molecule has 0 unspecified atom stereocenters. The molecule has 144 valence electrons. The summed E-state index contributed by atoms with van der Waals surface area (Å²) in [4.78, 5) is 19.2. The molecular weight excluding hydrogens is 338 g/mol. The zero-order valence-electron chi connectivity index (χ0n) is 16.2. The van der Waals surface area contributed by atoms with Gasteiger partial charge in [0.1, 0.15) is 11.5 Å². The number of likely N-dealkylation sites (tertiary alicyclic amines) is 1. The van der Waals surface area contributed by atoms with Gasteiger partial charge in [0.05, 0.1) is 12.2 Å². The van der Waals surface area contributed by atoms with Crippen molar-refractivity contribution in [3.63, 3.8) is 0 Å². The maximum atomic E-state index is 12.8. The van der Waals surface area contributed by atoms with Gasteiger partial charge in [0.25, 0.3) is 0 Å². The number of aromatic nitrogens is 1. The Morgan fingerprint density at radius 2 is 2.04 bits per heavy atom. The van der Waals surface area contributed by atoms with Crippen LogP contribution in [0.25, 0.3) is 0 Å². The van der Waals surface area contributed by atoms with E-state index in [4.69, 9.17) is 4.74 Å². The smallest absolute Gasteiger partial charge is 0.241 e. The largest absolute Gasteiger partial charge is 0.456 e. The number of ether oxygens (including phenoxy) is 1. The average molecular weight is 367 g/mol. The zero-order valence-corrected chi connectivity index (χ0v) is 16.2. The van der Waals surface area contributed by atoms with Crippen LogP contribution >= 0.6 is 0 Å². The highest BCUT2D eigenvalue weighted by Gasteiger charge is 2.28. The lowest BCUT2D eigenvalue weighted by molar-refractivity contribution is -0.122. The topological polar surface area (TPSA) is 54.5 Å². The molecule has 0 saturated carbocycles. The van der Waals surface area contributed by atoms with Gasteiger partial charge in [-0.05, 0) is 74.7 Å². The van der Waals surface area contributed by atoms with Crippen LogP contribution in [0.3, 0.4) is 0 Å². The summed E-state index contributed by atoms with van der Waals surface area (Å²) >= 11 is 0. The van der Waals surface area contributed by atoms with Crippen LogP contribution < -0.4 is 10.1 Å². The Morgan fingerprint density at radius 1 is 1.22 bits per heavy atom. The van der Waals surface area contributed by atoms with Crippen molar-refractivity contribution in [2.24, 2.45) is 5.92 Å². The summed E-state index contributed by atoms with van der Waals surface area (Å²) in [5.74, 6) is 2.16. The SMILES string of the molecule is CC(C)CCN1CCCC[C@@H]1C(=O)Nc1ccc(Oc2cccnc2)cc1. The molecule has 1 saturated heterocycles. The maximum absolute atomic E-state index is 12.8. The second-order valence-electron chi connectivity index (χ2n) is 7.53. The normalized spacial score (nSPS) is 17.7. The zero-order chi connectivity index (χ0) is 19.1. The lowest BCUT2D eigenvalue weighted by Crippen LogP contribution is -2.47. The van der Waals surface area contributed by atoms with Gasteiger partial charge in [-0.1, -0.05) is 20.3 Å². The minimum absolute atomic E-state index is 0.0242. The fourth-order valence-electron chi connectivity index (χ4n) is 3.35. The Balaban J connectivity index is 1.57. The lowest BCUT2D eigenvalue weighted by Gasteiger charge is -2.35. The standard InChI is InChI=1S/C22H29N3O2/c1-17(2)12-15-25-14-4-3-7-21(25)22(26)24-18-8-10-19(11-9-18)27-20-6-5-13-23-16-20/h5-6,8-11,13,16-17,21H,3-4,7,12,14-15H2,1-2H3,(H,24,26)/t21-/m1/s1. The number of hydrogen-bond acceptors (Lipinski definition) is 4. The van der Waals surface area contributed by atoms with Crippen LogP contribution in [-0.4, -0.2) is 34.9 Å². The van der Waals surface area contributed by atoms with Gasteiger partial charge in [-0.15, -0.1) is 0 Å². The summed E-state index contributed by atoms with van der Waals surface area (Å²) in [6.45, 7) is 6.47. The predicted molar refractivity (Wildman–Crippen MR) is 108 cm³/mol. The van der Waals surface area contributed by atoms with Gasteiger partial charge in [-0.3, -0.25) is 14.7 Å². The highest BCUT2D eigenvalue weighted by Crippen LogP contribution is 2.24. The van der Waals surface area contributed by atoms with Gasteiger partial charge in [0.2, 0.25) is 5.91 Å². The van der Waals surface area contributed by atoms with Crippen LogP contribution in [0.4, 0.5) is 5.69 Å². The molecule has 27 heavy (non-hydrogen) atoms. The minimum Gasteiger partial charge on any atom is -0.456 e. The van der Waals surface area contributed by atoms with Crippen LogP contribution in [0, 0.1) is 5.92 Å². The third-order valence-corrected chi connectivity index (χ3v) is 4.90. The third kappa shape index (κ3) is 5.79. The molecule has 5 nitrogen and oxygen atoms in total. The first kappa shape index (κ1) is 19.4. The van der Waals surface area contributed by atoms with E-state index < -0.39 is 0 Å². The summed E-state index contributed by atoms with van der Waals surface area (Å²) in [7, 11) is 0. The van der Waals surface area contributed by atoms with E-state index in [1.807, 2.05) is 36.4 Å². The first-order chi connectivity index (χ1) is 13.1. The number of anilines is 1. The summed E-state index contributed by atoms with van der Waals surface area (Å²) in [5.41, 5.74) is 0.799. The first-order valence-corrected chi connectivity index (χ1v) is 9.84. The molecule has 2 aromatic rings. The molecule has 0 spiro atoms. The third-order valence-electron chi connectivity index (χ3n) is 4.90. The lowest BCUT2D eigenvalue weighted by atomic mass is 10.00. The second-order valence-corrected chi connectivity index (χ2v) is 7.53. The molecule has 1 aromatic carbocycles. The summed E-state index contributed by atoms with van der Waals surface area (Å²) in [5, 5.41) is 3.07. The minimum atomic E-state index is -0.0242. The second kappa shape index (κ2) is 9.51. The van der Waals surface area contributed by atoms with E-state index in [0.29, 0.717) is 11.7 Å². The van der Waals surface area contributed by atoms with Crippen molar-refractivity contribution in [2.45, 2.75) is 45.6 Å². The number of hydrogen-bond donors (Lipinski definition) is 1. The summed E-state index contributed by atoms with van der Waals surface area (Å²) in [6, 6.07) is 11.1. The van der Waals surface area contributed by atoms with Crippen molar-refractivity contribution in [2.75, 3.05) is 18.4 Å². The van der Waals surface area contributed by atoms with E-state index >= 15 is 0 Å². The Hall–Kier alpha value is -2.40. The van der Waals surface area contributed by atoms with Crippen LogP contribution in [0.1, 0.15) is 39.5 Å². The van der Waals surface area contributed by atoms with E-state index in [1.165, 1.54) is 6.42 Å². The van der Waals surface area contributed by atoms with E-state index in [9.17, 15) is 4.79 Å². The quantitative estimate of drug-likeness (QED) is 0.770. The number of amides is 1. The van der Waals surface area contributed by atoms with Crippen LogP contribution in [-0.2, 0) is 4.79 Å². The van der Waals surface area contributed by atoms with E-state index in [2.05, 4.69) is 29.0 Å². The van der Waals surface area contributed by atoms with Crippen molar-refractivity contribution in [1.29, 1.82) is 0 Å². The molecule has 1 N–H and O–H groups in total. The Bertz CT molecular complexity index is 716. The molecule has 1 atom stereocenters. The molecule has 1 amide bonds. The van der Waals surface area contributed by atoms with E-state index in [0.717, 1.165) is 43.8 Å². The van der Waals surface area contributed by atoms with Crippen LogP contribution in [0.15, 0.2) is 48.8 Å². The molecule has 0 bridgehead atoms. The fraction of sp³-hybridized carbons (Fsp3) is 0.455. The molecule has 1 aromatic heterocycles. The predicted octanol–water partition coefficient (Wildman–Crippen LogP) is 4.71. The van der Waals surface area contributed by atoms with E-state index in [-0.39, 0.29) is 11.9 Å². The fourth-order valence-corrected chi connectivity index (χ4v) is 3.35. The number of nitrogens with one attached hydrogen (secondary N) is 1.